The number of carbonyl (C=O) groups is 1. The Bertz CT molecular complexity index is 1190. The van der Waals surface area contributed by atoms with E-state index in [1.165, 1.54) is 29.1 Å². The van der Waals surface area contributed by atoms with Gasteiger partial charge in [0.15, 0.2) is 15.0 Å². The summed E-state index contributed by atoms with van der Waals surface area (Å²) < 4.78 is 25.2. The van der Waals surface area contributed by atoms with Gasteiger partial charge in [-0.05, 0) is 61.7 Å². The Balaban J connectivity index is 1.67. The minimum absolute atomic E-state index is 0.0562. The molecule has 1 aromatic heterocycles. The highest BCUT2D eigenvalue weighted by Crippen LogP contribution is 2.24. The van der Waals surface area contributed by atoms with E-state index in [-0.39, 0.29) is 22.6 Å². The predicted octanol–water partition coefficient (Wildman–Crippen LogP) is 3.60. The Labute approximate surface area is 187 Å². The number of aromatic nitrogens is 3. The van der Waals surface area contributed by atoms with Crippen LogP contribution in [0.5, 0.6) is 0 Å². The normalized spacial score (nSPS) is 12.5. The van der Waals surface area contributed by atoms with E-state index in [0.717, 1.165) is 11.3 Å². The van der Waals surface area contributed by atoms with E-state index in [4.69, 9.17) is 0 Å². The minimum Gasteiger partial charge on any atom is -0.338 e. The van der Waals surface area contributed by atoms with Crippen molar-refractivity contribution in [1.82, 2.24) is 19.7 Å². The first-order chi connectivity index (χ1) is 14.6. The molecule has 2 aromatic carbocycles. The van der Waals surface area contributed by atoms with Crippen LogP contribution in [0.2, 0.25) is 0 Å². The quantitative estimate of drug-likeness (QED) is 0.503. The van der Waals surface area contributed by atoms with Gasteiger partial charge in [-0.15, -0.1) is 10.2 Å². The molecule has 0 aliphatic heterocycles. The zero-order chi connectivity index (χ0) is 22.8. The van der Waals surface area contributed by atoms with Gasteiger partial charge in [0.2, 0.25) is 5.91 Å². The highest BCUT2D eigenvalue weighted by atomic mass is 32.2. The minimum atomic E-state index is -3.25. The molecule has 1 unspecified atom stereocenters. The van der Waals surface area contributed by atoms with Crippen LogP contribution in [-0.4, -0.2) is 53.0 Å². The lowest BCUT2D eigenvalue weighted by molar-refractivity contribution is -0.128. The predicted molar refractivity (Wildman–Crippen MR) is 122 cm³/mol. The van der Waals surface area contributed by atoms with E-state index < -0.39 is 9.84 Å². The molecule has 3 aromatic rings. The summed E-state index contributed by atoms with van der Waals surface area (Å²) >= 11 is 1.33. The molecule has 1 atom stereocenters. The first kappa shape index (κ1) is 23.0. The van der Waals surface area contributed by atoms with Crippen molar-refractivity contribution < 1.29 is 13.2 Å². The standard InChI is InChI=1S/C22H26N4O3S2/c1-15-6-9-19(12-16(15)2)26-14-23-24-22(26)30-13-21(27)25(4)17(3)18-7-10-20(11-8-18)31(5,28)29/h6-12,14,17H,13H2,1-5H3. The van der Waals surface area contributed by atoms with Crippen LogP contribution in [0.15, 0.2) is 58.8 Å². The van der Waals surface area contributed by atoms with Crippen LogP contribution in [0.4, 0.5) is 0 Å². The fourth-order valence-electron chi connectivity index (χ4n) is 3.04. The van der Waals surface area contributed by atoms with E-state index in [0.29, 0.717) is 5.16 Å². The summed E-state index contributed by atoms with van der Waals surface area (Å²) in [5, 5.41) is 8.81. The molecule has 164 valence electrons. The maximum Gasteiger partial charge on any atom is 0.233 e. The summed E-state index contributed by atoms with van der Waals surface area (Å²) in [7, 11) is -1.50. The number of sulfone groups is 1. The Hall–Kier alpha value is -2.65. The third-order valence-electron chi connectivity index (χ3n) is 5.37. The second kappa shape index (κ2) is 9.23. The van der Waals surface area contributed by atoms with Crippen molar-refractivity contribution in [3.8, 4) is 5.69 Å². The van der Waals surface area contributed by atoms with Crippen molar-refractivity contribution in [1.29, 1.82) is 0 Å². The number of amides is 1. The summed E-state index contributed by atoms with van der Waals surface area (Å²) in [5.74, 6) is 0.158. The van der Waals surface area contributed by atoms with Gasteiger partial charge < -0.3 is 4.90 Å². The number of carbonyl (C=O) groups excluding carboxylic acids is 1. The molecule has 0 spiro atoms. The number of aryl methyl sites for hydroxylation is 2. The van der Waals surface area contributed by atoms with Gasteiger partial charge in [-0.2, -0.15) is 0 Å². The fraction of sp³-hybridized carbons (Fsp3) is 0.318. The summed E-state index contributed by atoms with van der Waals surface area (Å²) in [6.07, 6.45) is 2.82. The first-order valence-corrected chi connectivity index (χ1v) is 12.6. The van der Waals surface area contributed by atoms with Crippen LogP contribution < -0.4 is 0 Å². The maximum absolute atomic E-state index is 12.8. The first-order valence-electron chi connectivity index (χ1n) is 9.74. The van der Waals surface area contributed by atoms with Crippen molar-refractivity contribution in [3.63, 3.8) is 0 Å². The second-order valence-corrected chi connectivity index (χ2v) is 10.5. The lowest BCUT2D eigenvalue weighted by atomic mass is 10.1. The molecule has 0 N–H and O–H groups in total. The molecule has 0 bridgehead atoms. The molecule has 0 radical (unpaired) electrons. The molecule has 1 heterocycles. The highest BCUT2D eigenvalue weighted by Gasteiger charge is 2.19. The van der Waals surface area contributed by atoms with Crippen molar-refractivity contribution in [3.05, 3.63) is 65.5 Å². The third kappa shape index (κ3) is 5.34. The molecule has 0 saturated carbocycles. The zero-order valence-corrected chi connectivity index (χ0v) is 19.9. The molecule has 1 amide bonds. The van der Waals surface area contributed by atoms with E-state index in [2.05, 4.69) is 36.2 Å². The molecular weight excluding hydrogens is 432 g/mol. The lowest BCUT2D eigenvalue weighted by Crippen LogP contribution is -2.31. The molecule has 0 aliphatic carbocycles. The van der Waals surface area contributed by atoms with Crippen LogP contribution >= 0.6 is 11.8 Å². The van der Waals surface area contributed by atoms with Crippen molar-refractivity contribution in [2.24, 2.45) is 0 Å². The Morgan fingerprint density at radius 2 is 1.81 bits per heavy atom. The van der Waals surface area contributed by atoms with Gasteiger partial charge in [0, 0.05) is 19.0 Å². The van der Waals surface area contributed by atoms with Gasteiger partial charge in [0.1, 0.15) is 6.33 Å². The number of hydrogen-bond acceptors (Lipinski definition) is 6. The highest BCUT2D eigenvalue weighted by molar-refractivity contribution is 7.99. The molecule has 31 heavy (non-hydrogen) atoms. The number of hydrogen-bond donors (Lipinski definition) is 0. The molecule has 0 aliphatic rings. The van der Waals surface area contributed by atoms with Crippen LogP contribution in [-0.2, 0) is 14.6 Å². The Kier molecular flexibility index (Phi) is 6.86. The van der Waals surface area contributed by atoms with Gasteiger partial charge >= 0.3 is 0 Å². The van der Waals surface area contributed by atoms with Gasteiger partial charge in [0.25, 0.3) is 0 Å². The molecule has 0 fully saturated rings. The second-order valence-electron chi connectivity index (χ2n) is 7.56. The number of rotatable bonds is 7. The topological polar surface area (TPSA) is 85.2 Å². The Morgan fingerprint density at radius 1 is 1.13 bits per heavy atom. The van der Waals surface area contributed by atoms with Crippen molar-refractivity contribution in [2.45, 2.75) is 36.9 Å². The molecule has 9 heteroatoms. The largest absolute Gasteiger partial charge is 0.338 e. The van der Waals surface area contributed by atoms with Gasteiger partial charge in [-0.25, -0.2) is 8.42 Å². The molecule has 0 saturated heterocycles. The summed E-state index contributed by atoms with van der Waals surface area (Å²) in [5.41, 5.74) is 4.21. The summed E-state index contributed by atoms with van der Waals surface area (Å²) in [4.78, 5) is 14.7. The van der Waals surface area contributed by atoms with E-state index in [1.54, 1.807) is 42.5 Å². The van der Waals surface area contributed by atoms with Gasteiger partial charge in [-0.1, -0.05) is 30.0 Å². The van der Waals surface area contributed by atoms with Crippen LogP contribution in [0.3, 0.4) is 0 Å². The summed E-state index contributed by atoms with van der Waals surface area (Å²) in [6.45, 7) is 6.03. The maximum atomic E-state index is 12.8. The summed E-state index contributed by atoms with van der Waals surface area (Å²) in [6, 6.07) is 12.6. The Morgan fingerprint density at radius 3 is 2.42 bits per heavy atom. The monoisotopic (exact) mass is 458 g/mol. The molecular formula is C22H26N4O3S2. The zero-order valence-electron chi connectivity index (χ0n) is 18.2. The van der Waals surface area contributed by atoms with Gasteiger partial charge in [0.05, 0.1) is 16.7 Å². The third-order valence-corrected chi connectivity index (χ3v) is 7.43. The van der Waals surface area contributed by atoms with E-state index in [1.807, 2.05) is 17.6 Å². The fourth-order valence-corrected chi connectivity index (χ4v) is 4.52. The van der Waals surface area contributed by atoms with Crippen LogP contribution in [0, 0.1) is 13.8 Å². The van der Waals surface area contributed by atoms with Crippen LogP contribution in [0.1, 0.15) is 29.7 Å². The SMILES string of the molecule is Cc1ccc(-n2cnnc2SCC(=O)N(C)C(C)c2ccc(S(C)(=O)=O)cc2)cc1C. The van der Waals surface area contributed by atoms with Crippen molar-refractivity contribution in [2.75, 3.05) is 19.1 Å². The average Bonchev–Trinajstić information content (AvgIpc) is 3.21. The van der Waals surface area contributed by atoms with E-state index in [9.17, 15) is 13.2 Å². The number of nitrogens with zero attached hydrogens (tertiary/aromatic N) is 4. The smallest absolute Gasteiger partial charge is 0.233 e. The lowest BCUT2D eigenvalue weighted by Gasteiger charge is -2.25. The molecule has 7 nitrogen and oxygen atoms in total. The van der Waals surface area contributed by atoms with Crippen molar-refractivity contribution >= 4 is 27.5 Å². The van der Waals surface area contributed by atoms with Crippen LogP contribution in [0.25, 0.3) is 5.69 Å². The van der Waals surface area contributed by atoms with E-state index >= 15 is 0 Å². The molecule has 3 rings (SSSR count). The van der Waals surface area contributed by atoms with Gasteiger partial charge in [-0.3, -0.25) is 9.36 Å². The number of benzene rings is 2. The average molecular weight is 459 g/mol. The number of thioether (sulfide) groups is 1.